The van der Waals surface area contributed by atoms with E-state index in [1.165, 1.54) is 0 Å². The fourth-order valence-electron chi connectivity index (χ4n) is 0.264. The highest BCUT2D eigenvalue weighted by Crippen LogP contribution is 2.04. The number of allylic oxidation sites excluding steroid dienone is 2. The van der Waals surface area contributed by atoms with Gasteiger partial charge >= 0.3 is 0 Å². The SMILES string of the molecule is C=C/C=C(Br)\N=C/C. The van der Waals surface area contributed by atoms with E-state index in [1.807, 2.05) is 6.92 Å². The van der Waals surface area contributed by atoms with Crippen LogP contribution >= 0.6 is 15.9 Å². The van der Waals surface area contributed by atoms with E-state index in [0.29, 0.717) is 0 Å². The van der Waals surface area contributed by atoms with Gasteiger partial charge in [0.25, 0.3) is 0 Å². The van der Waals surface area contributed by atoms with Crippen LogP contribution in [0.1, 0.15) is 6.92 Å². The van der Waals surface area contributed by atoms with E-state index in [2.05, 4.69) is 27.5 Å². The largest absolute Gasteiger partial charge is 0.254 e. The van der Waals surface area contributed by atoms with Gasteiger partial charge in [0.05, 0.1) is 0 Å². The molecule has 0 bridgehead atoms. The third kappa shape index (κ3) is 3.81. The minimum Gasteiger partial charge on any atom is -0.254 e. The molecule has 0 saturated heterocycles. The summed E-state index contributed by atoms with van der Waals surface area (Å²) in [6.07, 6.45) is 5.17. The Labute approximate surface area is 57.9 Å². The second-order valence-electron chi connectivity index (χ2n) is 1.11. The lowest BCUT2D eigenvalue weighted by molar-refractivity contribution is 1.54. The predicted octanol–water partition coefficient (Wildman–Crippen LogP) is 2.50. The predicted molar refractivity (Wildman–Crippen MR) is 41.4 cm³/mol. The van der Waals surface area contributed by atoms with Crippen molar-refractivity contribution in [3.05, 3.63) is 23.3 Å². The van der Waals surface area contributed by atoms with Gasteiger partial charge in [0.15, 0.2) is 0 Å². The molecular formula is C6H8BrN. The van der Waals surface area contributed by atoms with E-state index in [0.717, 1.165) is 4.61 Å². The molecule has 0 heterocycles. The summed E-state index contributed by atoms with van der Waals surface area (Å²) in [6.45, 7) is 5.36. The highest BCUT2D eigenvalue weighted by atomic mass is 79.9. The number of hydrogen-bond donors (Lipinski definition) is 0. The zero-order valence-electron chi connectivity index (χ0n) is 4.76. The molecule has 0 spiro atoms. The summed E-state index contributed by atoms with van der Waals surface area (Å²) in [5.41, 5.74) is 0. The van der Waals surface area contributed by atoms with Crippen LogP contribution in [0.15, 0.2) is 28.3 Å². The summed E-state index contributed by atoms with van der Waals surface area (Å²) < 4.78 is 0.801. The molecule has 0 amide bonds. The molecule has 0 N–H and O–H groups in total. The van der Waals surface area contributed by atoms with Crippen LogP contribution in [0.5, 0.6) is 0 Å². The van der Waals surface area contributed by atoms with Crippen LogP contribution in [0, 0.1) is 0 Å². The van der Waals surface area contributed by atoms with Gasteiger partial charge in [-0.25, -0.2) is 0 Å². The van der Waals surface area contributed by atoms with Crippen molar-refractivity contribution in [2.24, 2.45) is 4.99 Å². The quantitative estimate of drug-likeness (QED) is 0.346. The topological polar surface area (TPSA) is 12.4 Å². The summed E-state index contributed by atoms with van der Waals surface area (Å²) in [7, 11) is 0. The fraction of sp³-hybridized carbons (Fsp3) is 0.167. The maximum atomic E-state index is 3.90. The van der Waals surface area contributed by atoms with Gasteiger partial charge in [-0.1, -0.05) is 12.7 Å². The molecule has 8 heavy (non-hydrogen) atoms. The standard InChI is InChI=1S/C6H8BrN/c1-3-5-6(7)8-4-2/h3-5H,1H2,2H3/b6-5-,8-4-. The van der Waals surface area contributed by atoms with E-state index in [-0.39, 0.29) is 0 Å². The average Bonchev–Trinajstić information content (AvgIpc) is 1.68. The minimum atomic E-state index is 0.801. The molecular weight excluding hydrogens is 166 g/mol. The Hall–Kier alpha value is -0.370. The second-order valence-corrected chi connectivity index (χ2v) is 1.92. The van der Waals surface area contributed by atoms with Gasteiger partial charge in [0, 0.05) is 6.21 Å². The smallest absolute Gasteiger partial charge is 0.105 e. The van der Waals surface area contributed by atoms with E-state index in [1.54, 1.807) is 18.4 Å². The van der Waals surface area contributed by atoms with Crippen LogP contribution in [0.25, 0.3) is 0 Å². The first-order valence-electron chi connectivity index (χ1n) is 2.28. The van der Waals surface area contributed by atoms with Crippen LogP contribution < -0.4 is 0 Å². The maximum Gasteiger partial charge on any atom is 0.105 e. The fourth-order valence-corrected chi connectivity index (χ4v) is 0.655. The molecule has 0 radical (unpaired) electrons. The Morgan fingerprint density at radius 1 is 1.75 bits per heavy atom. The third-order valence-corrected chi connectivity index (χ3v) is 0.977. The number of rotatable bonds is 2. The van der Waals surface area contributed by atoms with Crippen LogP contribution in [0.3, 0.4) is 0 Å². The summed E-state index contributed by atoms with van der Waals surface area (Å²) >= 11 is 3.19. The van der Waals surface area contributed by atoms with Crippen molar-refractivity contribution in [1.29, 1.82) is 0 Å². The maximum absolute atomic E-state index is 3.90. The summed E-state index contributed by atoms with van der Waals surface area (Å²) in [4.78, 5) is 3.90. The number of nitrogens with zero attached hydrogens (tertiary/aromatic N) is 1. The van der Waals surface area contributed by atoms with Crippen LogP contribution in [-0.2, 0) is 0 Å². The minimum absolute atomic E-state index is 0.801. The van der Waals surface area contributed by atoms with Gasteiger partial charge in [0.1, 0.15) is 4.61 Å². The first kappa shape index (κ1) is 7.63. The number of hydrogen-bond acceptors (Lipinski definition) is 1. The first-order valence-corrected chi connectivity index (χ1v) is 3.07. The molecule has 1 nitrogen and oxygen atoms in total. The lowest BCUT2D eigenvalue weighted by Gasteiger charge is -1.80. The Bertz CT molecular complexity index is 124. The monoisotopic (exact) mass is 173 g/mol. The molecule has 0 rings (SSSR count). The summed E-state index contributed by atoms with van der Waals surface area (Å²) in [5, 5.41) is 0. The lowest BCUT2D eigenvalue weighted by Crippen LogP contribution is -1.60. The zero-order valence-corrected chi connectivity index (χ0v) is 6.35. The molecule has 0 aliphatic carbocycles. The van der Waals surface area contributed by atoms with Gasteiger partial charge in [-0.05, 0) is 28.9 Å². The van der Waals surface area contributed by atoms with Crippen molar-refractivity contribution < 1.29 is 0 Å². The highest BCUT2D eigenvalue weighted by Gasteiger charge is 1.75. The molecule has 0 aliphatic rings. The highest BCUT2D eigenvalue weighted by molar-refractivity contribution is 9.11. The van der Waals surface area contributed by atoms with Crippen LogP contribution in [0.4, 0.5) is 0 Å². The molecule has 0 aromatic carbocycles. The molecule has 0 atom stereocenters. The van der Waals surface area contributed by atoms with Crippen molar-refractivity contribution in [2.75, 3.05) is 0 Å². The van der Waals surface area contributed by atoms with Gasteiger partial charge in [-0.15, -0.1) is 0 Å². The average molecular weight is 174 g/mol. The Morgan fingerprint density at radius 2 is 2.38 bits per heavy atom. The summed E-state index contributed by atoms with van der Waals surface area (Å²) in [5.74, 6) is 0. The zero-order chi connectivity index (χ0) is 6.41. The van der Waals surface area contributed by atoms with Crippen molar-refractivity contribution in [3.63, 3.8) is 0 Å². The molecule has 0 aromatic rings. The van der Waals surface area contributed by atoms with E-state index in [4.69, 9.17) is 0 Å². The number of halogens is 1. The van der Waals surface area contributed by atoms with E-state index < -0.39 is 0 Å². The van der Waals surface area contributed by atoms with Gasteiger partial charge in [-0.3, -0.25) is 4.99 Å². The van der Waals surface area contributed by atoms with Gasteiger partial charge in [0.2, 0.25) is 0 Å². The molecule has 0 unspecified atom stereocenters. The van der Waals surface area contributed by atoms with Crippen molar-refractivity contribution in [3.8, 4) is 0 Å². The van der Waals surface area contributed by atoms with Crippen molar-refractivity contribution in [1.82, 2.24) is 0 Å². The third-order valence-electron chi connectivity index (χ3n) is 0.508. The van der Waals surface area contributed by atoms with Crippen molar-refractivity contribution >= 4 is 22.1 Å². The normalized spacial score (nSPS) is 12.5. The van der Waals surface area contributed by atoms with E-state index in [9.17, 15) is 0 Å². The first-order chi connectivity index (χ1) is 3.81. The van der Waals surface area contributed by atoms with Crippen molar-refractivity contribution in [2.45, 2.75) is 6.92 Å². The molecule has 0 aliphatic heterocycles. The van der Waals surface area contributed by atoms with Gasteiger partial charge in [-0.2, -0.15) is 0 Å². The Balaban J connectivity index is 3.79. The summed E-state index contributed by atoms with van der Waals surface area (Å²) in [6, 6.07) is 0. The van der Waals surface area contributed by atoms with E-state index >= 15 is 0 Å². The second kappa shape index (κ2) is 4.78. The molecule has 0 saturated carbocycles. The Kier molecular flexibility index (Phi) is 4.56. The Morgan fingerprint density at radius 3 is 2.75 bits per heavy atom. The van der Waals surface area contributed by atoms with Crippen LogP contribution in [-0.4, -0.2) is 6.21 Å². The lowest BCUT2D eigenvalue weighted by atomic mass is 10.6. The molecule has 2 heteroatoms. The molecule has 0 fully saturated rings. The number of aliphatic imine (C=N–C) groups is 1. The van der Waals surface area contributed by atoms with Crippen LogP contribution in [0.2, 0.25) is 0 Å². The van der Waals surface area contributed by atoms with Gasteiger partial charge < -0.3 is 0 Å². The molecule has 0 aromatic heterocycles. The molecule has 44 valence electrons.